The molecule has 23 heavy (non-hydrogen) atoms. The Labute approximate surface area is 134 Å². The van der Waals surface area contributed by atoms with Crippen molar-refractivity contribution < 1.29 is 9.21 Å². The maximum atomic E-state index is 12.6. The number of hydrogen-bond acceptors (Lipinski definition) is 5. The summed E-state index contributed by atoms with van der Waals surface area (Å²) in [5.41, 5.74) is 0.696. The van der Waals surface area contributed by atoms with Crippen LogP contribution in [0.5, 0.6) is 0 Å². The molecule has 1 saturated heterocycles. The number of hydrogen-bond donors (Lipinski definition) is 0. The van der Waals surface area contributed by atoms with Crippen LogP contribution in [0, 0.1) is 26.7 Å². The summed E-state index contributed by atoms with van der Waals surface area (Å²) < 4.78 is 7.62. The molecule has 1 saturated carbocycles. The lowest BCUT2D eigenvalue weighted by Crippen LogP contribution is -2.51. The highest BCUT2D eigenvalue weighted by Crippen LogP contribution is 2.33. The molecule has 0 radical (unpaired) electrons. The van der Waals surface area contributed by atoms with Crippen LogP contribution in [0.15, 0.2) is 4.42 Å². The molecule has 2 fully saturated rings. The van der Waals surface area contributed by atoms with Crippen molar-refractivity contribution >= 4 is 5.91 Å². The first-order chi connectivity index (χ1) is 11.0. The summed E-state index contributed by atoms with van der Waals surface area (Å²) in [6.07, 6.45) is 3.35. The normalized spacial score (nSPS) is 18.3. The predicted molar refractivity (Wildman–Crippen MR) is 82.1 cm³/mol. The van der Waals surface area contributed by atoms with Crippen molar-refractivity contribution in [1.29, 1.82) is 0 Å². The van der Waals surface area contributed by atoms with Gasteiger partial charge in [0.25, 0.3) is 5.91 Å². The molecular formula is C16H21N5O2. The summed E-state index contributed by atoms with van der Waals surface area (Å²) in [4.78, 5) is 23.1. The molecule has 0 spiro atoms. The average Bonchev–Trinajstić information content (AvgIpc) is 3.08. The van der Waals surface area contributed by atoms with E-state index in [0.717, 1.165) is 18.1 Å². The van der Waals surface area contributed by atoms with Gasteiger partial charge in [0.15, 0.2) is 5.89 Å². The van der Waals surface area contributed by atoms with E-state index in [4.69, 9.17) is 4.42 Å². The Hall–Kier alpha value is -2.18. The SMILES string of the molecule is Cc1nc(C)n(C2CN(C(=O)c3oc(CC4CC4)nc3C)C2)n1. The van der Waals surface area contributed by atoms with Crippen LogP contribution in [0.3, 0.4) is 0 Å². The Kier molecular flexibility index (Phi) is 3.25. The van der Waals surface area contributed by atoms with Gasteiger partial charge in [0, 0.05) is 19.5 Å². The number of carbonyl (C=O) groups excluding carboxylic acids is 1. The van der Waals surface area contributed by atoms with Crippen LogP contribution in [0.25, 0.3) is 0 Å². The zero-order valence-electron chi connectivity index (χ0n) is 13.7. The van der Waals surface area contributed by atoms with Crippen molar-refractivity contribution in [2.75, 3.05) is 13.1 Å². The monoisotopic (exact) mass is 315 g/mol. The van der Waals surface area contributed by atoms with Gasteiger partial charge in [-0.25, -0.2) is 14.6 Å². The van der Waals surface area contributed by atoms with Gasteiger partial charge in [0.1, 0.15) is 11.6 Å². The molecule has 3 heterocycles. The maximum Gasteiger partial charge on any atom is 0.291 e. The molecule has 1 aliphatic heterocycles. The van der Waals surface area contributed by atoms with Gasteiger partial charge in [-0.05, 0) is 39.5 Å². The smallest absolute Gasteiger partial charge is 0.291 e. The highest BCUT2D eigenvalue weighted by Gasteiger charge is 2.36. The summed E-state index contributed by atoms with van der Waals surface area (Å²) in [7, 11) is 0. The quantitative estimate of drug-likeness (QED) is 0.860. The molecular weight excluding hydrogens is 294 g/mol. The topological polar surface area (TPSA) is 77.0 Å². The van der Waals surface area contributed by atoms with E-state index in [0.29, 0.717) is 36.4 Å². The lowest BCUT2D eigenvalue weighted by Gasteiger charge is -2.38. The lowest BCUT2D eigenvalue weighted by molar-refractivity contribution is 0.0462. The van der Waals surface area contributed by atoms with Gasteiger partial charge in [-0.3, -0.25) is 4.79 Å². The van der Waals surface area contributed by atoms with Crippen molar-refractivity contribution in [2.24, 2.45) is 5.92 Å². The van der Waals surface area contributed by atoms with E-state index in [1.807, 2.05) is 25.5 Å². The second-order valence-electron chi connectivity index (χ2n) is 6.68. The van der Waals surface area contributed by atoms with Crippen LogP contribution in [0.2, 0.25) is 0 Å². The molecule has 4 rings (SSSR count). The number of aryl methyl sites for hydroxylation is 3. The predicted octanol–water partition coefficient (Wildman–Crippen LogP) is 1.84. The van der Waals surface area contributed by atoms with Gasteiger partial charge in [-0.2, -0.15) is 5.10 Å². The summed E-state index contributed by atoms with van der Waals surface area (Å²) in [6, 6.07) is 0.203. The fourth-order valence-corrected chi connectivity index (χ4v) is 3.11. The fourth-order valence-electron chi connectivity index (χ4n) is 3.11. The van der Waals surface area contributed by atoms with Crippen LogP contribution < -0.4 is 0 Å². The molecule has 1 aliphatic carbocycles. The standard InChI is InChI=1S/C16H21N5O2/c1-9-15(23-14(17-9)6-12-4-5-12)16(22)20-7-13(8-20)21-11(3)18-10(2)19-21/h12-13H,4-8H2,1-3H3. The van der Waals surface area contributed by atoms with Crippen molar-refractivity contribution in [2.45, 2.75) is 46.1 Å². The van der Waals surface area contributed by atoms with Gasteiger partial charge in [-0.15, -0.1) is 0 Å². The minimum atomic E-state index is -0.0669. The Balaban J connectivity index is 1.42. The Morgan fingerprint density at radius 1 is 1.22 bits per heavy atom. The molecule has 0 atom stereocenters. The molecule has 2 aliphatic rings. The second kappa shape index (κ2) is 5.18. The van der Waals surface area contributed by atoms with E-state index in [1.165, 1.54) is 12.8 Å². The molecule has 2 aromatic heterocycles. The van der Waals surface area contributed by atoms with E-state index in [-0.39, 0.29) is 11.9 Å². The number of aromatic nitrogens is 4. The summed E-state index contributed by atoms with van der Waals surface area (Å²) in [5.74, 6) is 3.38. The van der Waals surface area contributed by atoms with Gasteiger partial charge < -0.3 is 9.32 Å². The molecule has 0 aromatic carbocycles. The lowest BCUT2D eigenvalue weighted by atomic mass is 10.1. The second-order valence-corrected chi connectivity index (χ2v) is 6.68. The van der Waals surface area contributed by atoms with E-state index in [9.17, 15) is 4.79 Å². The minimum Gasteiger partial charge on any atom is -0.435 e. The average molecular weight is 315 g/mol. The molecule has 1 amide bonds. The van der Waals surface area contributed by atoms with Crippen molar-refractivity contribution in [1.82, 2.24) is 24.6 Å². The first-order valence-electron chi connectivity index (χ1n) is 8.16. The first kappa shape index (κ1) is 14.4. The zero-order chi connectivity index (χ0) is 16.1. The third-order valence-corrected chi connectivity index (χ3v) is 4.60. The number of amides is 1. The number of rotatable bonds is 4. The van der Waals surface area contributed by atoms with Crippen LogP contribution in [0.4, 0.5) is 0 Å². The van der Waals surface area contributed by atoms with Crippen molar-refractivity contribution in [3.05, 3.63) is 29.0 Å². The van der Waals surface area contributed by atoms with Gasteiger partial charge in [0.05, 0.1) is 11.7 Å². The molecule has 2 aromatic rings. The zero-order valence-corrected chi connectivity index (χ0v) is 13.7. The Morgan fingerprint density at radius 2 is 1.96 bits per heavy atom. The van der Waals surface area contributed by atoms with Crippen LogP contribution in [0.1, 0.15) is 52.7 Å². The summed E-state index contributed by atoms with van der Waals surface area (Å²) in [6.45, 7) is 6.94. The molecule has 122 valence electrons. The first-order valence-corrected chi connectivity index (χ1v) is 8.16. The van der Waals surface area contributed by atoms with E-state index in [1.54, 1.807) is 4.90 Å². The number of likely N-dealkylation sites (tertiary alicyclic amines) is 1. The van der Waals surface area contributed by atoms with Crippen LogP contribution in [-0.2, 0) is 6.42 Å². The van der Waals surface area contributed by atoms with E-state index < -0.39 is 0 Å². The largest absolute Gasteiger partial charge is 0.435 e. The Morgan fingerprint density at radius 3 is 2.57 bits per heavy atom. The van der Waals surface area contributed by atoms with Gasteiger partial charge >= 0.3 is 0 Å². The van der Waals surface area contributed by atoms with Gasteiger partial charge in [-0.1, -0.05) is 0 Å². The van der Waals surface area contributed by atoms with E-state index >= 15 is 0 Å². The third-order valence-electron chi connectivity index (χ3n) is 4.60. The number of oxazole rings is 1. The highest BCUT2D eigenvalue weighted by molar-refractivity contribution is 5.93. The van der Waals surface area contributed by atoms with E-state index in [2.05, 4.69) is 15.1 Å². The van der Waals surface area contributed by atoms with Crippen LogP contribution in [-0.4, -0.2) is 43.6 Å². The summed E-state index contributed by atoms with van der Waals surface area (Å²) >= 11 is 0. The molecule has 0 unspecified atom stereocenters. The molecule has 0 bridgehead atoms. The summed E-state index contributed by atoms with van der Waals surface area (Å²) in [5, 5.41) is 4.39. The number of carbonyl (C=O) groups is 1. The van der Waals surface area contributed by atoms with Crippen molar-refractivity contribution in [3.8, 4) is 0 Å². The maximum absolute atomic E-state index is 12.6. The van der Waals surface area contributed by atoms with Gasteiger partial charge in [0.2, 0.25) is 5.76 Å². The fraction of sp³-hybridized carbons (Fsp3) is 0.625. The number of nitrogens with zero attached hydrogens (tertiary/aromatic N) is 5. The highest BCUT2D eigenvalue weighted by atomic mass is 16.4. The minimum absolute atomic E-state index is 0.0669. The van der Waals surface area contributed by atoms with Crippen molar-refractivity contribution in [3.63, 3.8) is 0 Å². The van der Waals surface area contributed by atoms with Crippen LogP contribution >= 0.6 is 0 Å². The molecule has 0 N–H and O–H groups in total. The Bertz CT molecular complexity index is 753. The molecule has 7 nitrogen and oxygen atoms in total. The molecule has 7 heteroatoms. The third kappa shape index (κ3) is 2.64.